The maximum absolute atomic E-state index is 13.0. The summed E-state index contributed by atoms with van der Waals surface area (Å²) in [7, 11) is 0. The highest BCUT2D eigenvalue weighted by Crippen LogP contribution is 2.31. The number of fused-ring (bicyclic) bond motifs is 1. The highest BCUT2D eigenvalue weighted by molar-refractivity contribution is 5.98. The fourth-order valence-corrected chi connectivity index (χ4v) is 3.90. The fraction of sp³-hybridized carbons (Fsp3) is 0.0690. The predicted molar refractivity (Wildman–Crippen MR) is 133 cm³/mol. The first-order valence-electron chi connectivity index (χ1n) is 11.0. The van der Waals surface area contributed by atoms with Crippen molar-refractivity contribution in [3.63, 3.8) is 0 Å². The number of amides is 1. The third-order valence-electron chi connectivity index (χ3n) is 5.67. The van der Waals surface area contributed by atoms with E-state index in [0.29, 0.717) is 11.1 Å². The molecule has 0 fully saturated rings. The first kappa shape index (κ1) is 20.6. The summed E-state index contributed by atoms with van der Waals surface area (Å²) < 4.78 is 0. The molecule has 1 aromatic heterocycles. The van der Waals surface area contributed by atoms with Crippen LogP contribution in [0.25, 0.3) is 33.5 Å². The van der Waals surface area contributed by atoms with E-state index in [9.17, 15) is 4.79 Å². The molecule has 160 valence electrons. The zero-order chi connectivity index (χ0) is 22.6. The lowest BCUT2D eigenvalue weighted by Gasteiger charge is -2.15. The predicted octanol–water partition coefficient (Wildman–Crippen LogP) is 6.45. The van der Waals surface area contributed by atoms with E-state index in [0.717, 1.165) is 33.6 Å². The van der Waals surface area contributed by atoms with Crippen molar-refractivity contribution < 1.29 is 4.79 Å². The molecular weight excluding hydrogens is 406 g/mol. The van der Waals surface area contributed by atoms with Gasteiger partial charge in [0.1, 0.15) is 0 Å². The molecule has 0 aliphatic carbocycles. The Hall–Kier alpha value is -4.31. The summed E-state index contributed by atoms with van der Waals surface area (Å²) in [4.78, 5) is 22.9. The molecule has 1 amide bonds. The van der Waals surface area contributed by atoms with Crippen molar-refractivity contribution >= 4 is 16.9 Å². The molecule has 1 N–H and O–H groups in total. The van der Waals surface area contributed by atoms with Gasteiger partial charge in [0.05, 0.1) is 28.5 Å². The van der Waals surface area contributed by atoms with Gasteiger partial charge in [0.25, 0.3) is 5.91 Å². The van der Waals surface area contributed by atoms with E-state index in [1.807, 2.05) is 110 Å². The molecule has 4 nitrogen and oxygen atoms in total. The number of nitrogens with one attached hydrogen (secondary N) is 1. The van der Waals surface area contributed by atoms with Crippen LogP contribution in [0.5, 0.6) is 0 Å². The second-order valence-electron chi connectivity index (χ2n) is 7.96. The van der Waals surface area contributed by atoms with Crippen molar-refractivity contribution in [2.45, 2.75) is 13.0 Å². The fourth-order valence-electron chi connectivity index (χ4n) is 3.90. The zero-order valence-electron chi connectivity index (χ0n) is 18.3. The van der Waals surface area contributed by atoms with E-state index in [2.05, 4.69) is 5.32 Å². The molecule has 5 rings (SSSR count). The van der Waals surface area contributed by atoms with Gasteiger partial charge in [-0.1, -0.05) is 91.0 Å². The molecular formula is C29H23N3O. The number of benzene rings is 4. The van der Waals surface area contributed by atoms with Crippen LogP contribution in [0, 0.1) is 0 Å². The van der Waals surface area contributed by atoms with E-state index in [1.54, 1.807) is 6.07 Å². The molecule has 4 heteroatoms. The number of carbonyl (C=O) groups excluding carboxylic acids is 1. The largest absolute Gasteiger partial charge is 0.346 e. The Morgan fingerprint density at radius 3 is 1.76 bits per heavy atom. The number of hydrogen-bond acceptors (Lipinski definition) is 3. The summed E-state index contributed by atoms with van der Waals surface area (Å²) in [5.41, 5.74) is 6.67. The minimum Gasteiger partial charge on any atom is -0.346 e. The van der Waals surface area contributed by atoms with Gasteiger partial charge in [0.2, 0.25) is 0 Å². The topological polar surface area (TPSA) is 54.9 Å². The molecule has 0 aliphatic heterocycles. The Labute approximate surface area is 193 Å². The van der Waals surface area contributed by atoms with Gasteiger partial charge < -0.3 is 5.32 Å². The molecule has 0 saturated heterocycles. The van der Waals surface area contributed by atoms with Crippen LogP contribution in [0.2, 0.25) is 0 Å². The second kappa shape index (κ2) is 9.05. The molecule has 0 bridgehead atoms. The smallest absolute Gasteiger partial charge is 0.251 e. The van der Waals surface area contributed by atoms with Crippen LogP contribution in [0.15, 0.2) is 109 Å². The molecule has 5 aromatic rings. The maximum atomic E-state index is 13.0. The monoisotopic (exact) mass is 429 g/mol. The number of nitrogens with zero attached hydrogens (tertiary/aromatic N) is 2. The van der Waals surface area contributed by atoms with E-state index in [4.69, 9.17) is 9.97 Å². The molecule has 1 heterocycles. The van der Waals surface area contributed by atoms with Crippen LogP contribution in [0.1, 0.15) is 28.9 Å². The van der Waals surface area contributed by atoms with Crippen LogP contribution in [0.4, 0.5) is 0 Å². The Morgan fingerprint density at radius 1 is 0.667 bits per heavy atom. The van der Waals surface area contributed by atoms with Crippen LogP contribution in [-0.2, 0) is 0 Å². The molecule has 4 aromatic carbocycles. The normalized spacial score (nSPS) is 11.8. The van der Waals surface area contributed by atoms with Crippen molar-refractivity contribution in [3.05, 3.63) is 120 Å². The summed E-state index contributed by atoms with van der Waals surface area (Å²) in [5.74, 6) is -0.136. The lowest BCUT2D eigenvalue weighted by atomic mass is 10.0. The van der Waals surface area contributed by atoms with Gasteiger partial charge in [-0.2, -0.15) is 0 Å². The van der Waals surface area contributed by atoms with E-state index in [1.165, 1.54) is 0 Å². The molecule has 33 heavy (non-hydrogen) atoms. The Morgan fingerprint density at radius 2 is 1.18 bits per heavy atom. The lowest BCUT2D eigenvalue weighted by molar-refractivity contribution is 0.0940. The standard InChI is InChI=1S/C29H23N3O/c1-20(21-11-5-2-6-12-21)30-29(33)24-17-18-25-26(19-24)32-28(23-15-9-4-10-16-23)27(31-25)22-13-7-3-8-14-22/h2-20H,1H3,(H,30,33). The van der Waals surface area contributed by atoms with E-state index in [-0.39, 0.29) is 11.9 Å². The highest BCUT2D eigenvalue weighted by Gasteiger charge is 2.16. The summed E-state index contributed by atoms with van der Waals surface area (Å²) in [6, 6.07) is 35.4. The summed E-state index contributed by atoms with van der Waals surface area (Å²) >= 11 is 0. The first-order chi connectivity index (χ1) is 16.2. The molecule has 0 aliphatic rings. The van der Waals surface area contributed by atoms with Crippen molar-refractivity contribution in [1.29, 1.82) is 0 Å². The minimum atomic E-state index is -0.136. The van der Waals surface area contributed by atoms with Crippen molar-refractivity contribution in [2.24, 2.45) is 0 Å². The third-order valence-corrected chi connectivity index (χ3v) is 5.67. The second-order valence-corrected chi connectivity index (χ2v) is 7.96. The number of carbonyl (C=O) groups is 1. The van der Waals surface area contributed by atoms with Crippen LogP contribution >= 0.6 is 0 Å². The van der Waals surface area contributed by atoms with Gasteiger partial charge in [-0.15, -0.1) is 0 Å². The van der Waals surface area contributed by atoms with Crippen LogP contribution in [0.3, 0.4) is 0 Å². The van der Waals surface area contributed by atoms with Crippen LogP contribution in [-0.4, -0.2) is 15.9 Å². The Kier molecular flexibility index (Phi) is 5.64. The summed E-state index contributed by atoms with van der Waals surface area (Å²) in [6.45, 7) is 1.98. The van der Waals surface area contributed by atoms with Gasteiger partial charge in [-0.05, 0) is 30.7 Å². The Balaban J connectivity index is 1.55. The van der Waals surface area contributed by atoms with Crippen molar-refractivity contribution in [1.82, 2.24) is 15.3 Å². The van der Waals surface area contributed by atoms with E-state index < -0.39 is 0 Å². The third kappa shape index (κ3) is 4.37. The number of rotatable bonds is 5. The first-order valence-corrected chi connectivity index (χ1v) is 11.0. The molecule has 1 atom stereocenters. The zero-order valence-corrected chi connectivity index (χ0v) is 18.3. The van der Waals surface area contributed by atoms with Gasteiger partial charge in [-0.25, -0.2) is 9.97 Å². The highest BCUT2D eigenvalue weighted by atomic mass is 16.1. The molecule has 0 saturated carbocycles. The quantitative estimate of drug-likeness (QED) is 0.349. The van der Waals surface area contributed by atoms with Gasteiger partial charge in [-0.3, -0.25) is 4.79 Å². The average Bonchev–Trinajstić information content (AvgIpc) is 2.89. The minimum absolute atomic E-state index is 0.0965. The summed E-state index contributed by atoms with van der Waals surface area (Å²) in [6.07, 6.45) is 0. The average molecular weight is 430 g/mol. The van der Waals surface area contributed by atoms with Gasteiger partial charge in [0, 0.05) is 16.7 Å². The molecule has 0 radical (unpaired) electrons. The SMILES string of the molecule is CC(NC(=O)c1ccc2nc(-c3ccccc3)c(-c3ccccc3)nc2c1)c1ccccc1. The van der Waals surface area contributed by atoms with E-state index >= 15 is 0 Å². The van der Waals surface area contributed by atoms with Crippen molar-refractivity contribution in [2.75, 3.05) is 0 Å². The van der Waals surface area contributed by atoms with Gasteiger partial charge >= 0.3 is 0 Å². The van der Waals surface area contributed by atoms with Crippen molar-refractivity contribution in [3.8, 4) is 22.5 Å². The number of aromatic nitrogens is 2. The number of hydrogen-bond donors (Lipinski definition) is 1. The maximum Gasteiger partial charge on any atom is 0.251 e. The van der Waals surface area contributed by atoms with Gasteiger partial charge in [0.15, 0.2) is 0 Å². The Bertz CT molecular complexity index is 1400. The summed E-state index contributed by atoms with van der Waals surface area (Å²) in [5, 5.41) is 3.07. The van der Waals surface area contributed by atoms with Crippen LogP contribution < -0.4 is 5.32 Å². The lowest BCUT2D eigenvalue weighted by Crippen LogP contribution is -2.26. The molecule has 1 unspecified atom stereocenters. The molecule has 0 spiro atoms.